The second-order valence-electron chi connectivity index (χ2n) is 5.18. The van der Waals surface area contributed by atoms with Gasteiger partial charge in [-0.05, 0) is 44.5 Å². The topological polar surface area (TPSA) is 74.3 Å². The monoisotopic (exact) mass is 300 g/mol. The number of Topliss-reactive ketones (excluding diaryl/α,β-unsaturated/α-hetero) is 1. The summed E-state index contributed by atoms with van der Waals surface area (Å²) in [5.74, 6) is 0.497. The summed E-state index contributed by atoms with van der Waals surface area (Å²) in [6.07, 6.45) is 0.664. The molecule has 5 heteroatoms. The normalized spacial score (nSPS) is 10.5. The van der Waals surface area contributed by atoms with Crippen LogP contribution in [-0.4, -0.2) is 17.0 Å². The molecule has 0 fully saturated rings. The summed E-state index contributed by atoms with van der Waals surface area (Å²) in [4.78, 5) is 23.7. The highest BCUT2D eigenvalue weighted by molar-refractivity contribution is 5.93. The van der Waals surface area contributed by atoms with Crippen LogP contribution >= 0.6 is 0 Å². The van der Waals surface area contributed by atoms with Gasteiger partial charge in [-0.3, -0.25) is 9.59 Å². The third kappa shape index (κ3) is 3.75. The Kier molecular flexibility index (Phi) is 4.99. The van der Waals surface area contributed by atoms with E-state index in [1.807, 2.05) is 19.1 Å². The zero-order chi connectivity index (χ0) is 16.1. The molecule has 0 radical (unpaired) electrons. The molecule has 0 saturated heterocycles. The minimum atomic E-state index is -0.239. The first-order chi connectivity index (χ1) is 10.5. The fourth-order valence-corrected chi connectivity index (χ4v) is 2.23. The molecule has 0 bridgehead atoms. The van der Waals surface area contributed by atoms with Crippen molar-refractivity contribution >= 4 is 11.5 Å². The van der Waals surface area contributed by atoms with Crippen LogP contribution in [0.2, 0.25) is 0 Å². The SMILES string of the molecule is CC(=O)c1ccc(C)n(CCCOc2cccc(N)c2)c1=O. The maximum atomic E-state index is 12.2. The molecule has 0 unspecified atom stereocenters. The van der Waals surface area contributed by atoms with Gasteiger partial charge in [-0.15, -0.1) is 0 Å². The zero-order valence-electron chi connectivity index (χ0n) is 12.8. The first-order valence-electron chi connectivity index (χ1n) is 7.19. The molecular formula is C17H20N2O3. The van der Waals surface area contributed by atoms with Gasteiger partial charge in [0.05, 0.1) is 12.2 Å². The highest BCUT2D eigenvalue weighted by Gasteiger charge is 2.09. The molecule has 0 atom stereocenters. The number of nitrogens with zero attached hydrogens (tertiary/aromatic N) is 1. The average Bonchev–Trinajstić information content (AvgIpc) is 2.46. The fraction of sp³-hybridized carbons (Fsp3) is 0.294. The number of benzene rings is 1. The van der Waals surface area contributed by atoms with Gasteiger partial charge in [0.25, 0.3) is 5.56 Å². The highest BCUT2D eigenvalue weighted by atomic mass is 16.5. The minimum absolute atomic E-state index is 0.213. The smallest absolute Gasteiger partial charge is 0.261 e. The fourth-order valence-electron chi connectivity index (χ4n) is 2.23. The molecule has 116 valence electrons. The standard InChI is InChI=1S/C17H20N2O3/c1-12-7-8-16(13(2)20)17(21)19(12)9-4-10-22-15-6-3-5-14(18)11-15/h3,5-8,11H,4,9-10,18H2,1-2H3. The Bertz CT molecular complexity index is 735. The average molecular weight is 300 g/mol. The zero-order valence-corrected chi connectivity index (χ0v) is 12.8. The second kappa shape index (κ2) is 6.93. The highest BCUT2D eigenvalue weighted by Crippen LogP contribution is 2.14. The molecule has 0 spiro atoms. The van der Waals surface area contributed by atoms with Crippen molar-refractivity contribution in [3.05, 3.63) is 58.0 Å². The van der Waals surface area contributed by atoms with Gasteiger partial charge in [-0.2, -0.15) is 0 Å². The molecular weight excluding hydrogens is 280 g/mol. The van der Waals surface area contributed by atoms with E-state index in [4.69, 9.17) is 10.5 Å². The van der Waals surface area contributed by atoms with Crippen LogP contribution in [0.5, 0.6) is 5.75 Å². The van der Waals surface area contributed by atoms with Crippen molar-refractivity contribution in [3.8, 4) is 5.75 Å². The summed E-state index contributed by atoms with van der Waals surface area (Å²) < 4.78 is 7.21. The lowest BCUT2D eigenvalue weighted by molar-refractivity contribution is 0.101. The summed E-state index contributed by atoms with van der Waals surface area (Å²) in [5, 5.41) is 0. The van der Waals surface area contributed by atoms with Crippen molar-refractivity contribution in [1.29, 1.82) is 0 Å². The van der Waals surface area contributed by atoms with Crippen LogP contribution in [0, 0.1) is 6.92 Å². The Morgan fingerprint density at radius 2 is 2.05 bits per heavy atom. The van der Waals surface area contributed by atoms with Gasteiger partial charge in [0, 0.05) is 24.0 Å². The van der Waals surface area contributed by atoms with Crippen molar-refractivity contribution in [1.82, 2.24) is 4.57 Å². The van der Waals surface area contributed by atoms with Gasteiger partial charge >= 0.3 is 0 Å². The summed E-state index contributed by atoms with van der Waals surface area (Å²) in [7, 11) is 0. The molecule has 0 amide bonds. The summed E-state index contributed by atoms with van der Waals surface area (Å²) in [6, 6.07) is 10.6. The number of rotatable bonds is 6. The molecule has 1 aromatic heterocycles. The van der Waals surface area contributed by atoms with Crippen LogP contribution in [0.15, 0.2) is 41.2 Å². The van der Waals surface area contributed by atoms with Crippen LogP contribution in [0.1, 0.15) is 29.4 Å². The predicted octanol–water partition coefficient (Wildman–Crippen LogP) is 2.41. The molecule has 22 heavy (non-hydrogen) atoms. The molecule has 0 aliphatic rings. The van der Waals surface area contributed by atoms with Crippen molar-refractivity contribution < 1.29 is 9.53 Å². The van der Waals surface area contributed by atoms with E-state index in [1.54, 1.807) is 28.8 Å². The Labute approximate surface area is 129 Å². The number of nitrogens with two attached hydrogens (primary N) is 1. The van der Waals surface area contributed by atoms with E-state index in [-0.39, 0.29) is 16.9 Å². The van der Waals surface area contributed by atoms with Crippen LogP contribution in [0.3, 0.4) is 0 Å². The molecule has 2 aromatic rings. The lowest BCUT2D eigenvalue weighted by Gasteiger charge is -2.12. The first kappa shape index (κ1) is 15.8. The van der Waals surface area contributed by atoms with E-state index in [0.717, 1.165) is 5.69 Å². The van der Waals surface area contributed by atoms with Gasteiger partial charge in [0.2, 0.25) is 0 Å². The summed E-state index contributed by atoms with van der Waals surface area (Å²) in [5.41, 5.74) is 7.15. The van der Waals surface area contributed by atoms with Gasteiger partial charge in [-0.1, -0.05) is 6.07 Å². The number of anilines is 1. The number of ketones is 1. The molecule has 0 aliphatic heterocycles. The Morgan fingerprint density at radius 3 is 2.73 bits per heavy atom. The summed E-state index contributed by atoms with van der Waals surface area (Å²) in [6.45, 7) is 4.23. The molecule has 0 saturated carbocycles. The van der Waals surface area contributed by atoms with Crippen molar-refractivity contribution in [3.63, 3.8) is 0 Å². The molecule has 0 aliphatic carbocycles. The van der Waals surface area contributed by atoms with E-state index < -0.39 is 0 Å². The minimum Gasteiger partial charge on any atom is -0.493 e. The van der Waals surface area contributed by atoms with Gasteiger partial charge < -0.3 is 15.0 Å². The van der Waals surface area contributed by atoms with Crippen LogP contribution in [0.4, 0.5) is 5.69 Å². The van der Waals surface area contributed by atoms with E-state index in [9.17, 15) is 9.59 Å². The predicted molar refractivity (Wildman–Crippen MR) is 86.4 cm³/mol. The molecule has 2 rings (SSSR count). The summed E-state index contributed by atoms with van der Waals surface area (Å²) >= 11 is 0. The molecule has 1 aromatic carbocycles. The third-order valence-electron chi connectivity index (χ3n) is 3.42. The van der Waals surface area contributed by atoms with Crippen LogP contribution in [-0.2, 0) is 6.54 Å². The van der Waals surface area contributed by atoms with Gasteiger partial charge in [0.1, 0.15) is 5.75 Å². The van der Waals surface area contributed by atoms with E-state index in [0.29, 0.717) is 31.0 Å². The maximum absolute atomic E-state index is 12.2. The first-order valence-corrected chi connectivity index (χ1v) is 7.19. The number of pyridine rings is 1. The van der Waals surface area contributed by atoms with Gasteiger partial charge in [0.15, 0.2) is 5.78 Å². The van der Waals surface area contributed by atoms with Crippen LogP contribution < -0.4 is 16.0 Å². The number of ether oxygens (including phenoxy) is 1. The van der Waals surface area contributed by atoms with E-state index >= 15 is 0 Å². The Hall–Kier alpha value is -2.56. The van der Waals surface area contributed by atoms with Gasteiger partial charge in [-0.25, -0.2) is 0 Å². The lowest BCUT2D eigenvalue weighted by Crippen LogP contribution is -2.27. The van der Waals surface area contributed by atoms with Crippen molar-refractivity contribution in [2.24, 2.45) is 0 Å². The number of hydrogen-bond acceptors (Lipinski definition) is 4. The Balaban J connectivity index is 1.99. The molecule has 2 N–H and O–H groups in total. The number of hydrogen-bond donors (Lipinski definition) is 1. The molecule has 5 nitrogen and oxygen atoms in total. The number of carbonyl (C=O) groups excluding carboxylic acids is 1. The van der Waals surface area contributed by atoms with Crippen LogP contribution in [0.25, 0.3) is 0 Å². The number of aryl methyl sites for hydroxylation is 1. The quantitative estimate of drug-likeness (QED) is 0.505. The maximum Gasteiger partial charge on any atom is 0.261 e. The number of nitrogen functional groups attached to an aromatic ring is 1. The number of aromatic nitrogens is 1. The van der Waals surface area contributed by atoms with Crippen molar-refractivity contribution in [2.75, 3.05) is 12.3 Å². The largest absolute Gasteiger partial charge is 0.493 e. The Morgan fingerprint density at radius 1 is 1.27 bits per heavy atom. The second-order valence-corrected chi connectivity index (χ2v) is 5.18. The van der Waals surface area contributed by atoms with Crippen molar-refractivity contribution in [2.45, 2.75) is 26.8 Å². The number of carbonyl (C=O) groups is 1. The molecule has 1 heterocycles. The van der Waals surface area contributed by atoms with E-state index in [2.05, 4.69) is 0 Å². The third-order valence-corrected chi connectivity index (χ3v) is 3.42. The van der Waals surface area contributed by atoms with E-state index in [1.165, 1.54) is 6.92 Å². The lowest BCUT2D eigenvalue weighted by atomic mass is 10.2.